The molecule has 2 atom stereocenters. The van der Waals surface area contributed by atoms with Gasteiger partial charge in [0.15, 0.2) is 5.78 Å². The third-order valence-electron chi connectivity index (χ3n) is 6.96. The number of carbonyl (C=O) groups is 1. The normalized spacial score (nSPS) is 25.1. The molecular formula is C23H27F6NO2. The Balaban J connectivity index is 1.16. The smallest absolute Gasteiger partial charge is 0.454 e. The molecule has 1 heterocycles. The Labute approximate surface area is 183 Å². The lowest BCUT2D eigenvalue weighted by atomic mass is 9.90. The molecule has 32 heavy (non-hydrogen) atoms. The third kappa shape index (κ3) is 5.41. The van der Waals surface area contributed by atoms with E-state index < -0.39 is 24.5 Å². The fraction of sp³-hybridized carbons (Fsp3) is 0.696. The maximum absolute atomic E-state index is 14.2. The van der Waals surface area contributed by atoms with E-state index in [1.165, 1.54) is 17.0 Å². The van der Waals surface area contributed by atoms with E-state index in [9.17, 15) is 31.1 Å². The second kappa shape index (κ2) is 8.88. The monoisotopic (exact) mass is 463 g/mol. The Kier molecular flexibility index (Phi) is 6.49. The molecule has 0 aromatic heterocycles. The molecule has 1 aliphatic heterocycles. The van der Waals surface area contributed by atoms with Crippen LogP contribution in [-0.4, -0.2) is 49.0 Å². The molecule has 1 saturated heterocycles. The van der Waals surface area contributed by atoms with Crippen LogP contribution in [0.1, 0.15) is 48.9 Å². The van der Waals surface area contributed by atoms with Crippen LogP contribution >= 0.6 is 0 Å². The van der Waals surface area contributed by atoms with E-state index in [4.69, 9.17) is 4.74 Å². The number of benzene rings is 1. The summed E-state index contributed by atoms with van der Waals surface area (Å²) in [5, 5.41) is 0. The molecule has 3 fully saturated rings. The van der Waals surface area contributed by atoms with Gasteiger partial charge in [0.25, 0.3) is 0 Å². The largest absolute Gasteiger partial charge is 0.493 e. The molecule has 1 aromatic rings. The van der Waals surface area contributed by atoms with Gasteiger partial charge in [-0.05, 0) is 81.5 Å². The highest BCUT2D eigenvalue weighted by Crippen LogP contribution is 2.50. The minimum absolute atomic E-state index is 0.0453. The van der Waals surface area contributed by atoms with Gasteiger partial charge in [-0.3, -0.25) is 9.69 Å². The number of likely N-dealkylation sites (tertiary alicyclic amines) is 1. The molecule has 0 bridgehead atoms. The van der Waals surface area contributed by atoms with Gasteiger partial charge in [-0.2, -0.15) is 22.0 Å². The van der Waals surface area contributed by atoms with E-state index in [0.29, 0.717) is 43.0 Å². The summed E-state index contributed by atoms with van der Waals surface area (Å²) < 4.78 is 83.4. The molecule has 0 spiro atoms. The summed E-state index contributed by atoms with van der Waals surface area (Å²) >= 11 is 0. The third-order valence-corrected chi connectivity index (χ3v) is 6.96. The van der Waals surface area contributed by atoms with Crippen LogP contribution in [0.15, 0.2) is 18.2 Å². The zero-order valence-electron chi connectivity index (χ0n) is 17.6. The van der Waals surface area contributed by atoms with Crippen molar-refractivity contribution in [3.63, 3.8) is 0 Å². The van der Waals surface area contributed by atoms with Gasteiger partial charge in [0.05, 0.1) is 18.7 Å². The lowest BCUT2D eigenvalue weighted by Gasteiger charge is -2.34. The Bertz CT molecular complexity index is 830. The average Bonchev–Trinajstić information content (AvgIpc) is 3.62. The fourth-order valence-electron chi connectivity index (χ4n) is 4.77. The van der Waals surface area contributed by atoms with Crippen LogP contribution in [0.4, 0.5) is 26.3 Å². The van der Waals surface area contributed by atoms with Crippen LogP contribution in [-0.2, 0) is 0 Å². The summed E-state index contributed by atoms with van der Waals surface area (Å²) in [6, 6.07) is 4.32. The molecule has 1 unspecified atom stereocenters. The Morgan fingerprint density at radius 1 is 1.06 bits per heavy atom. The van der Waals surface area contributed by atoms with E-state index in [0.717, 1.165) is 25.7 Å². The number of alkyl halides is 5. The standard InChI is InChI=1S/C23H27F6NO2/c24-20-12-17(3-4-18(20)21(31)15-1-2-15)32-10-7-16-11-19(16)14-5-8-30(9-6-14)13-22(25,26)23(27,28)29/h3-4,12,14-16,19H,1-2,5-11,13H2/t16?,19-/m1/s1. The van der Waals surface area contributed by atoms with Gasteiger partial charge < -0.3 is 4.74 Å². The first kappa shape index (κ1) is 23.4. The van der Waals surface area contributed by atoms with Crippen molar-refractivity contribution in [2.75, 3.05) is 26.2 Å². The van der Waals surface area contributed by atoms with Gasteiger partial charge in [-0.15, -0.1) is 0 Å². The molecule has 9 heteroatoms. The molecule has 2 saturated carbocycles. The Morgan fingerprint density at radius 3 is 2.34 bits per heavy atom. The van der Waals surface area contributed by atoms with Crippen molar-refractivity contribution in [2.45, 2.75) is 50.6 Å². The number of hydrogen-bond donors (Lipinski definition) is 0. The van der Waals surface area contributed by atoms with Crippen LogP contribution in [0.5, 0.6) is 5.75 Å². The van der Waals surface area contributed by atoms with Crippen molar-refractivity contribution in [3.05, 3.63) is 29.6 Å². The lowest BCUT2D eigenvalue weighted by molar-refractivity contribution is -0.287. The van der Waals surface area contributed by atoms with E-state index in [1.807, 2.05) is 0 Å². The molecule has 3 aliphatic rings. The molecule has 1 aromatic carbocycles. The van der Waals surface area contributed by atoms with Gasteiger partial charge in [-0.25, -0.2) is 4.39 Å². The fourth-order valence-corrected chi connectivity index (χ4v) is 4.77. The van der Waals surface area contributed by atoms with Gasteiger partial charge in [0.1, 0.15) is 11.6 Å². The molecule has 2 aliphatic carbocycles. The molecule has 0 N–H and O–H groups in total. The van der Waals surface area contributed by atoms with Crippen LogP contribution in [0, 0.1) is 29.5 Å². The average molecular weight is 463 g/mol. The van der Waals surface area contributed by atoms with Crippen molar-refractivity contribution in [1.82, 2.24) is 4.90 Å². The highest BCUT2D eigenvalue weighted by molar-refractivity contribution is 5.99. The van der Waals surface area contributed by atoms with Gasteiger partial charge >= 0.3 is 12.1 Å². The second-order valence-electron chi connectivity index (χ2n) is 9.39. The first-order valence-electron chi connectivity index (χ1n) is 11.2. The second-order valence-corrected chi connectivity index (χ2v) is 9.39. The first-order valence-corrected chi connectivity index (χ1v) is 11.2. The zero-order chi connectivity index (χ0) is 23.1. The minimum Gasteiger partial charge on any atom is -0.493 e. The van der Waals surface area contributed by atoms with Crippen LogP contribution in [0.3, 0.4) is 0 Å². The summed E-state index contributed by atoms with van der Waals surface area (Å²) in [6.45, 7) is -0.359. The van der Waals surface area contributed by atoms with Crippen LogP contribution in [0.25, 0.3) is 0 Å². The number of piperidine rings is 1. The molecule has 0 radical (unpaired) electrons. The Hall–Kier alpha value is -1.77. The molecule has 178 valence electrons. The predicted octanol–water partition coefficient (Wildman–Crippen LogP) is 5.73. The number of carbonyl (C=O) groups excluding carboxylic acids is 1. The number of rotatable bonds is 9. The zero-order valence-corrected chi connectivity index (χ0v) is 17.6. The number of ketones is 1. The van der Waals surface area contributed by atoms with Crippen LogP contribution in [0.2, 0.25) is 0 Å². The number of Topliss-reactive ketones (excluding diaryl/α,β-unsaturated/α-hetero) is 1. The predicted molar refractivity (Wildman–Crippen MR) is 105 cm³/mol. The van der Waals surface area contributed by atoms with E-state index in [1.54, 1.807) is 6.07 Å². The van der Waals surface area contributed by atoms with Crippen molar-refractivity contribution in [2.24, 2.45) is 23.7 Å². The molecule has 4 rings (SSSR count). The van der Waals surface area contributed by atoms with Gasteiger partial charge in [0.2, 0.25) is 0 Å². The minimum atomic E-state index is -5.51. The van der Waals surface area contributed by atoms with E-state index in [2.05, 4.69) is 0 Å². The maximum atomic E-state index is 14.2. The topological polar surface area (TPSA) is 29.5 Å². The van der Waals surface area contributed by atoms with Crippen molar-refractivity contribution in [3.8, 4) is 5.75 Å². The van der Waals surface area contributed by atoms with E-state index >= 15 is 0 Å². The van der Waals surface area contributed by atoms with Gasteiger partial charge in [0, 0.05) is 12.0 Å². The van der Waals surface area contributed by atoms with Crippen LogP contribution < -0.4 is 4.74 Å². The molecular weight excluding hydrogens is 436 g/mol. The number of nitrogens with zero attached hydrogens (tertiary/aromatic N) is 1. The molecule has 0 amide bonds. The highest BCUT2D eigenvalue weighted by Gasteiger charge is 2.58. The SMILES string of the molecule is O=C(c1ccc(OCCC2C[C@@H]2C2CCN(CC(F)(F)C(F)(F)F)CC2)cc1F)C1CC1. The quantitative estimate of drug-likeness (QED) is 0.346. The number of halogens is 6. The summed E-state index contributed by atoms with van der Waals surface area (Å²) in [6.07, 6.45) is -0.857. The maximum Gasteiger partial charge on any atom is 0.454 e. The Morgan fingerprint density at radius 2 is 1.75 bits per heavy atom. The summed E-state index contributed by atoms with van der Waals surface area (Å²) in [7, 11) is 0. The number of ether oxygens (including phenoxy) is 1. The van der Waals surface area contributed by atoms with E-state index in [-0.39, 0.29) is 30.4 Å². The first-order chi connectivity index (χ1) is 15.0. The lowest BCUT2D eigenvalue weighted by Crippen LogP contribution is -2.49. The molecule has 3 nitrogen and oxygen atoms in total. The summed E-state index contributed by atoms with van der Waals surface area (Å²) in [4.78, 5) is 13.2. The van der Waals surface area contributed by atoms with Crippen molar-refractivity contribution in [1.29, 1.82) is 0 Å². The highest BCUT2D eigenvalue weighted by atomic mass is 19.4. The number of hydrogen-bond acceptors (Lipinski definition) is 3. The summed E-state index contributed by atoms with van der Waals surface area (Å²) in [5.41, 5.74) is 0.112. The summed E-state index contributed by atoms with van der Waals surface area (Å²) in [5.74, 6) is -3.84. The van der Waals surface area contributed by atoms with Gasteiger partial charge in [-0.1, -0.05) is 0 Å². The van der Waals surface area contributed by atoms with Crippen molar-refractivity contribution >= 4 is 5.78 Å². The van der Waals surface area contributed by atoms with Crippen molar-refractivity contribution < 1.29 is 35.9 Å².